The highest BCUT2D eigenvalue weighted by Gasteiger charge is 2.21. The van der Waals surface area contributed by atoms with Crippen LogP contribution in [0, 0.1) is 27.7 Å². The number of benzene rings is 1. The van der Waals surface area contributed by atoms with Crippen LogP contribution >= 0.6 is 11.3 Å². The van der Waals surface area contributed by atoms with Gasteiger partial charge in [-0.2, -0.15) is 0 Å². The van der Waals surface area contributed by atoms with Crippen molar-refractivity contribution < 1.29 is 14.0 Å². The van der Waals surface area contributed by atoms with Gasteiger partial charge in [-0.05, 0) is 57.0 Å². The summed E-state index contributed by atoms with van der Waals surface area (Å²) in [5.41, 5.74) is 8.96. The number of nitrogens with zero attached hydrogens (tertiary/aromatic N) is 2. The molecule has 4 rings (SSSR count). The lowest BCUT2D eigenvalue weighted by atomic mass is 10.1. The Morgan fingerprint density at radius 3 is 2.47 bits per heavy atom. The van der Waals surface area contributed by atoms with Crippen LogP contribution < -0.4 is 10.9 Å². The number of carbonyl (C=O) groups excluding carboxylic acids is 2. The van der Waals surface area contributed by atoms with Gasteiger partial charge in [0, 0.05) is 10.9 Å². The molecule has 2 amide bonds. The Labute approximate surface area is 177 Å². The minimum absolute atomic E-state index is 0.365. The lowest BCUT2D eigenvalue weighted by Crippen LogP contribution is -2.41. The average Bonchev–Trinajstić information content (AvgIpc) is 3.34. The molecule has 7 nitrogen and oxygen atoms in total. The van der Waals surface area contributed by atoms with Crippen molar-refractivity contribution >= 4 is 33.4 Å². The van der Waals surface area contributed by atoms with E-state index in [4.69, 9.17) is 4.42 Å². The molecule has 3 heterocycles. The van der Waals surface area contributed by atoms with Crippen LogP contribution in [0.4, 0.5) is 0 Å². The minimum Gasteiger partial charge on any atom is -0.461 e. The summed E-state index contributed by atoms with van der Waals surface area (Å²) in [6, 6.07) is 9.08. The Hall–Kier alpha value is -3.52. The van der Waals surface area contributed by atoms with Crippen LogP contribution in [0.15, 0.2) is 41.0 Å². The molecule has 152 valence electrons. The van der Waals surface area contributed by atoms with Gasteiger partial charge in [0.1, 0.15) is 4.83 Å². The lowest BCUT2D eigenvalue weighted by Gasteiger charge is -2.09. The maximum absolute atomic E-state index is 12.8. The Morgan fingerprint density at radius 1 is 1.00 bits per heavy atom. The van der Waals surface area contributed by atoms with E-state index in [2.05, 4.69) is 20.8 Å². The molecule has 0 aliphatic heterocycles. The molecule has 8 heteroatoms. The first-order chi connectivity index (χ1) is 14.3. The molecule has 0 aliphatic carbocycles. The smallest absolute Gasteiger partial charge is 0.280 e. The van der Waals surface area contributed by atoms with Gasteiger partial charge in [0.2, 0.25) is 0 Å². The topological polar surface area (TPSA) is 97.1 Å². The number of nitrogens with one attached hydrogen (secondary N) is 2. The van der Waals surface area contributed by atoms with E-state index in [1.165, 1.54) is 11.3 Å². The summed E-state index contributed by atoms with van der Waals surface area (Å²) in [7, 11) is 0. The molecule has 0 saturated heterocycles. The van der Waals surface area contributed by atoms with Crippen LogP contribution in [-0.2, 0) is 0 Å². The van der Waals surface area contributed by atoms with Gasteiger partial charge < -0.3 is 4.42 Å². The number of aryl methyl sites for hydroxylation is 4. The third-order valence-electron chi connectivity index (χ3n) is 4.83. The molecule has 0 unspecified atom stereocenters. The highest BCUT2D eigenvalue weighted by molar-refractivity contribution is 7.20. The number of rotatable bonds is 3. The minimum atomic E-state index is -0.396. The number of hydrogen-bond donors (Lipinski definition) is 2. The fraction of sp³-hybridized carbons (Fsp3) is 0.182. The molecular formula is C22H20N4O3S. The van der Waals surface area contributed by atoms with Crippen LogP contribution in [0.2, 0.25) is 0 Å². The third kappa shape index (κ3) is 3.57. The fourth-order valence-electron chi connectivity index (χ4n) is 3.38. The molecular weight excluding hydrogens is 400 g/mol. The largest absolute Gasteiger partial charge is 0.461 e. The van der Waals surface area contributed by atoms with E-state index in [1.807, 2.05) is 39.8 Å². The number of carbonyl (C=O) groups is 2. The number of amides is 2. The highest BCUT2D eigenvalue weighted by Crippen LogP contribution is 2.32. The van der Waals surface area contributed by atoms with Crippen molar-refractivity contribution in [2.75, 3.05) is 0 Å². The summed E-state index contributed by atoms with van der Waals surface area (Å²) in [4.78, 5) is 35.4. The number of furan rings is 1. The van der Waals surface area contributed by atoms with E-state index >= 15 is 0 Å². The van der Waals surface area contributed by atoms with E-state index in [0.29, 0.717) is 26.9 Å². The molecule has 3 aromatic heterocycles. The van der Waals surface area contributed by atoms with Crippen LogP contribution in [0.25, 0.3) is 21.8 Å². The van der Waals surface area contributed by atoms with E-state index in [1.54, 1.807) is 24.5 Å². The first-order valence-corrected chi connectivity index (χ1v) is 10.2. The second-order valence-corrected chi connectivity index (χ2v) is 8.07. The van der Waals surface area contributed by atoms with E-state index in [9.17, 15) is 9.59 Å². The number of hydrazine groups is 1. The Morgan fingerprint density at radius 2 is 1.77 bits per heavy atom. The van der Waals surface area contributed by atoms with Crippen LogP contribution in [-0.4, -0.2) is 21.8 Å². The van der Waals surface area contributed by atoms with Crippen molar-refractivity contribution in [1.82, 2.24) is 20.8 Å². The summed E-state index contributed by atoms with van der Waals surface area (Å²) in [5.74, 6) is 0.280. The highest BCUT2D eigenvalue weighted by atomic mass is 32.1. The number of fused-ring (bicyclic) bond motifs is 1. The monoisotopic (exact) mass is 420 g/mol. The SMILES string of the molecule is Cc1ccc(C(=O)NNC(=O)c2sc3nc(-c4ccco4)nc(C)c3c2C)c(C)c1. The van der Waals surface area contributed by atoms with Crippen molar-refractivity contribution in [3.05, 3.63) is 69.4 Å². The predicted molar refractivity (Wildman–Crippen MR) is 115 cm³/mol. The standard InChI is InChI=1S/C22H20N4O3S/c1-11-7-8-15(12(2)10-11)20(27)25-26-21(28)18-13(3)17-14(4)23-19(24-22(17)30-18)16-6-5-9-29-16/h5-10H,1-4H3,(H,25,27)(H,26,28). The van der Waals surface area contributed by atoms with Gasteiger partial charge in [0.25, 0.3) is 11.8 Å². The summed E-state index contributed by atoms with van der Waals surface area (Å²) in [6.45, 7) is 7.54. The second kappa shape index (κ2) is 7.72. The van der Waals surface area contributed by atoms with Gasteiger partial charge in [-0.25, -0.2) is 9.97 Å². The summed E-state index contributed by atoms with van der Waals surface area (Å²) in [5, 5.41) is 0.834. The zero-order chi connectivity index (χ0) is 21.4. The van der Waals surface area contributed by atoms with Crippen molar-refractivity contribution in [3.8, 4) is 11.6 Å². The quantitative estimate of drug-likeness (QED) is 0.483. The van der Waals surface area contributed by atoms with Gasteiger partial charge >= 0.3 is 0 Å². The zero-order valence-corrected chi connectivity index (χ0v) is 17.8. The number of thiophene rings is 1. The van der Waals surface area contributed by atoms with Gasteiger partial charge in [-0.1, -0.05) is 17.7 Å². The van der Waals surface area contributed by atoms with Crippen LogP contribution in [0.1, 0.15) is 42.4 Å². The van der Waals surface area contributed by atoms with Crippen molar-refractivity contribution in [1.29, 1.82) is 0 Å². The third-order valence-corrected chi connectivity index (χ3v) is 6.02. The van der Waals surface area contributed by atoms with Gasteiger partial charge in [0.15, 0.2) is 11.6 Å². The fourth-order valence-corrected chi connectivity index (χ4v) is 4.50. The Kier molecular flexibility index (Phi) is 5.09. The molecule has 1 aromatic carbocycles. The lowest BCUT2D eigenvalue weighted by molar-refractivity contribution is 0.0848. The summed E-state index contributed by atoms with van der Waals surface area (Å²) in [6.07, 6.45) is 1.56. The maximum atomic E-state index is 12.8. The molecule has 0 bridgehead atoms. The van der Waals surface area contributed by atoms with Gasteiger partial charge in [-0.3, -0.25) is 20.4 Å². The number of aromatic nitrogens is 2. The van der Waals surface area contributed by atoms with Crippen LogP contribution in [0.5, 0.6) is 0 Å². The van der Waals surface area contributed by atoms with Gasteiger partial charge in [-0.15, -0.1) is 11.3 Å². The van der Waals surface area contributed by atoms with Crippen molar-refractivity contribution in [2.24, 2.45) is 0 Å². The van der Waals surface area contributed by atoms with Gasteiger partial charge in [0.05, 0.1) is 16.8 Å². The predicted octanol–water partition coefficient (Wildman–Crippen LogP) is 4.26. The van der Waals surface area contributed by atoms with E-state index < -0.39 is 5.91 Å². The van der Waals surface area contributed by atoms with E-state index in [0.717, 1.165) is 27.8 Å². The van der Waals surface area contributed by atoms with Crippen molar-refractivity contribution in [2.45, 2.75) is 27.7 Å². The summed E-state index contributed by atoms with van der Waals surface area (Å²) < 4.78 is 5.38. The average molecular weight is 420 g/mol. The molecule has 0 spiro atoms. The Bertz CT molecular complexity index is 1280. The van der Waals surface area contributed by atoms with Crippen molar-refractivity contribution in [3.63, 3.8) is 0 Å². The normalized spacial score (nSPS) is 10.9. The molecule has 0 atom stereocenters. The zero-order valence-electron chi connectivity index (χ0n) is 17.0. The number of hydrogen-bond acceptors (Lipinski definition) is 6. The first kappa shape index (κ1) is 19.8. The molecule has 0 radical (unpaired) electrons. The second-order valence-electron chi connectivity index (χ2n) is 7.07. The molecule has 0 saturated carbocycles. The molecule has 30 heavy (non-hydrogen) atoms. The molecule has 0 aliphatic rings. The Balaban J connectivity index is 1.58. The molecule has 0 fully saturated rings. The molecule has 4 aromatic rings. The van der Waals surface area contributed by atoms with E-state index in [-0.39, 0.29) is 5.91 Å². The maximum Gasteiger partial charge on any atom is 0.280 e. The molecule has 2 N–H and O–H groups in total. The van der Waals surface area contributed by atoms with Crippen LogP contribution in [0.3, 0.4) is 0 Å². The first-order valence-electron chi connectivity index (χ1n) is 9.34. The summed E-state index contributed by atoms with van der Waals surface area (Å²) >= 11 is 1.25.